The molecule has 0 fully saturated rings. The Labute approximate surface area is 76.5 Å². The lowest BCUT2D eigenvalue weighted by Gasteiger charge is -2.04. The summed E-state index contributed by atoms with van der Waals surface area (Å²) < 4.78 is 5.25. The molecule has 5 heteroatoms. The highest BCUT2D eigenvalue weighted by Crippen LogP contribution is 2.05. The molecule has 5 nitrogen and oxygen atoms in total. The van der Waals surface area contributed by atoms with E-state index in [1.165, 1.54) is 0 Å². The van der Waals surface area contributed by atoms with Crippen LogP contribution in [-0.2, 0) is 17.8 Å². The van der Waals surface area contributed by atoms with Crippen LogP contribution < -0.4 is 5.73 Å². The minimum atomic E-state index is -0.432. The highest BCUT2D eigenvalue weighted by Gasteiger charge is 2.06. The van der Waals surface area contributed by atoms with E-state index in [1.807, 2.05) is 19.0 Å². The second kappa shape index (κ2) is 4.04. The Morgan fingerprint density at radius 1 is 1.69 bits per heavy atom. The highest BCUT2D eigenvalue weighted by molar-refractivity contribution is 5.75. The fraction of sp³-hybridized carbons (Fsp3) is 0.500. The van der Waals surface area contributed by atoms with Gasteiger partial charge in [0.05, 0.1) is 12.7 Å². The molecular weight excluding hydrogens is 170 g/mol. The number of nitrogens with zero attached hydrogens (tertiary/aromatic N) is 2. The van der Waals surface area contributed by atoms with E-state index >= 15 is 0 Å². The Morgan fingerprint density at radius 3 is 2.92 bits per heavy atom. The maximum atomic E-state index is 10.5. The molecule has 0 aliphatic heterocycles. The molecule has 0 saturated carbocycles. The Kier molecular flexibility index (Phi) is 3.02. The number of primary amides is 1. The van der Waals surface area contributed by atoms with Gasteiger partial charge in [-0.2, -0.15) is 0 Å². The first kappa shape index (κ1) is 9.73. The van der Waals surface area contributed by atoms with Crippen molar-refractivity contribution in [1.29, 1.82) is 0 Å². The van der Waals surface area contributed by atoms with Crippen LogP contribution in [0.2, 0.25) is 0 Å². The number of hydrogen-bond donors (Lipinski definition) is 1. The molecule has 0 aliphatic carbocycles. The van der Waals surface area contributed by atoms with E-state index in [0.717, 1.165) is 5.76 Å². The van der Waals surface area contributed by atoms with Gasteiger partial charge in [0.15, 0.2) is 0 Å². The third-order valence-electron chi connectivity index (χ3n) is 1.40. The van der Waals surface area contributed by atoms with Gasteiger partial charge < -0.3 is 15.1 Å². The predicted molar refractivity (Wildman–Crippen MR) is 46.8 cm³/mol. The summed E-state index contributed by atoms with van der Waals surface area (Å²) in [5, 5.41) is 0. The van der Waals surface area contributed by atoms with E-state index in [9.17, 15) is 4.79 Å². The monoisotopic (exact) mass is 183 g/mol. The first-order chi connectivity index (χ1) is 6.08. The van der Waals surface area contributed by atoms with E-state index in [1.54, 1.807) is 6.20 Å². The predicted octanol–water partition coefficient (Wildman–Crippen LogP) is -0.236. The van der Waals surface area contributed by atoms with E-state index in [4.69, 9.17) is 10.2 Å². The second-order valence-electron chi connectivity index (χ2n) is 3.10. The summed E-state index contributed by atoms with van der Waals surface area (Å²) in [5.74, 6) is 0.684. The Bertz CT molecular complexity index is 293. The summed E-state index contributed by atoms with van der Waals surface area (Å²) in [7, 11) is 3.85. The van der Waals surface area contributed by atoms with Crippen LogP contribution in [0.15, 0.2) is 10.6 Å². The summed E-state index contributed by atoms with van der Waals surface area (Å²) in [6.07, 6.45) is 1.67. The van der Waals surface area contributed by atoms with E-state index in [0.29, 0.717) is 12.4 Å². The van der Waals surface area contributed by atoms with Crippen molar-refractivity contribution < 1.29 is 9.21 Å². The lowest BCUT2D eigenvalue weighted by atomic mass is 10.4. The smallest absolute Gasteiger partial charge is 0.226 e. The molecule has 1 heterocycles. The molecule has 13 heavy (non-hydrogen) atoms. The van der Waals surface area contributed by atoms with Crippen molar-refractivity contribution in [3.8, 4) is 0 Å². The lowest BCUT2D eigenvalue weighted by Crippen LogP contribution is -2.13. The number of carbonyl (C=O) groups is 1. The van der Waals surface area contributed by atoms with Crippen LogP contribution >= 0.6 is 0 Å². The second-order valence-corrected chi connectivity index (χ2v) is 3.10. The van der Waals surface area contributed by atoms with Crippen molar-refractivity contribution in [1.82, 2.24) is 9.88 Å². The van der Waals surface area contributed by atoms with Crippen LogP contribution in [0.1, 0.15) is 11.7 Å². The average molecular weight is 183 g/mol. The van der Waals surface area contributed by atoms with Crippen LogP contribution in [-0.4, -0.2) is 29.9 Å². The molecule has 1 rings (SSSR count). The fourth-order valence-electron chi connectivity index (χ4n) is 0.964. The number of oxazole rings is 1. The van der Waals surface area contributed by atoms with Crippen LogP contribution in [0.5, 0.6) is 0 Å². The molecule has 1 aromatic heterocycles. The number of aromatic nitrogens is 1. The number of carbonyl (C=O) groups excluding carboxylic acids is 1. The molecule has 72 valence electrons. The van der Waals surface area contributed by atoms with E-state index in [2.05, 4.69) is 4.98 Å². The van der Waals surface area contributed by atoms with Gasteiger partial charge in [-0.1, -0.05) is 0 Å². The largest absolute Gasteiger partial charge is 0.444 e. The standard InChI is InChI=1S/C8H13N3O2/c1-11(2)5-6-4-10-8(13-6)3-7(9)12/h4H,3,5H2,1-2H3,(H2,9,12). The van der Waals surface area contributed by atoms with Crippen LogP contribution in [0, 0.1) is 0 Å². The van der Waals surface area contributed by atoms with Gasteiger partial charge in [-0.05, 0) is 14.1 Å². The van der Waals surface area contributed by atoms with Crippen LogP contribution in [0.25, 0.3) is 0 Å². The molecule has 0 saturated heterocycles. The van der Waals surface area contributed by atoms with Gasteiger partial charge in [0.25, 0.3) is 0 Å². The zero-order chi connectivity index (χ0) is 9.84. The Hall–Kier alpha value is -1.36. The number of amides is 1. The van der Waals surface area contributed by atoms with Crippen molar-refractivity contribution >= 4 is 5.91 Å². The van der Waals surface area contributed by atoms with Gasteiger partial charge in [-0.25, -0.2) is 4.98 Å². The molecule has 0 aromatic carbocycles. The van der Waals surface area contributed by atoms with Crippen molar-refractivity contribution in [2.24, 2.45) is 5.73 Å². The minimum Gasteiger partial charge on any atom is -0.444 e. The molecule has 1 aromatic rings. The molecule has 0 bridgehead atoms. The number of nitrogens with two attached hydrogens (primary N) is 1. The summed E-state index contributed by atoms with van der Waals surface area (Å²) >= 11 is 0. The maximum absolute atomic E-state index is 10.5. The summed E-state index contributed by atoms with van der Waals surface area (Å²) in [5.41, 5.74) is 4.99. The van der Waals surface area contributed by atoms with Crippen molar-refractivity contribution in [2.45, 2.75) is 13.0 Å². The van der Waals surface area contributed by atoms with E-state index < -0.39 is 5.91 Å². The number of hydrogen-bond acceptors (Lipinski definition) is 4. The summed E-state index contributed by atoms with van der Waals surface area (Å²) in [6.45, 7) is 0.672. The highest BCUT2D eigenvalue weighted by atomic mass is 16.4. The van der Waals surface area contributed by atoms with Gasteiger partial charge >= 0.3 is 0 Å². The minimum absolute atomic E-state index is 0.0629. The summed E-state index contributed by atoms with van der Waals surface area (Å²) in [6, 6.07) is 0. The van der Waals surface area contributed by atoms with Gasteiger partial charge in [0.1, 0.15) is 12.2 Å². The molecule has 0 aliphatic rings. The third kappa shape index (κ3) is 3.25. The molecule has 0 radical (unpaired) electrons. The zero-order valence-corrected chi connectivity index (χ0v) is 7.78. The van der Waals surface area contributed by atoms with Gasteiger partial charge in [0, 0.05) is 0 Å². The SMILES string of the molecule is CN(C)Cc1cnc(CC(N)=O)o1. The van der Waals surface area contributed by atoms with Crippen molar-refractivity contribution in [3.63, 3.8) is 0 Å². The Morgan fingerprint density at radius 2 is 2.38 bits per heavy atom. The zero-order valence-electron chi connectivity index (χ0n) is 7.78. The van der Waals surface area contributed by atoms with Crippen molar-refractivity contribution in [2.75, 3.05) is 14.1 Å². The average Bonchev–Trinajstić information content (AvgIpc) is 2.33. The van der Waals surface area contributed by atoms with Crippen molar-refractivity contribution in [3.05, 3.63) is 17.8 Å². The molecular formula is C8H13N3O2. The lowest BCUT2D eigenvalue weighted by molar-refractivity contribution is -0.117. The Balaban J connectivity index is 2.58. The first-order valence-electron chi connectivity index (χ1n) is 3.94. The van der Waals surface area contributed by atoms with E-state index in [-0.39, 0.29) is 6.42 Å². The third-order valence-corrected chi connectivity index (χ3v) is 1.40. The molecule has 1 amide bonds. The molecule has 0 spiro atoms. The van der Waals surface area contributed by atoms with Gasteiger partial charge in [-0.15, -0.1) is 0 Å². The normalized spacial score (nSPS) is 10.7. The molecule has 0 atom stereocenters. The van der Waals surface area contributed by atoms with Crippen LogP contribution in [0.3, 0.4) is 0 Å². The molecule has 2 N–H and O–H groups in total. The fourth-order valence-corrected chi connectivity index (χ4v) is 0.964. The summed E-state index contributed by atoms with van der Waals surface area (Å²) in [4.78, 5) is 16.4. The van der Waals surface area contributed by atoms with Gasteiger partial charge in [0.2, 0.25) is 11.8 Å². The van der Waals surface area contributed by atoms with Crippen LogP contribution in [0.4, 0.5) is 0 Å². The number of rotatable bonds is 4. The quantitative estimate of drug-likeness (QED) is 0.699. The topological polar surface area (TPSA) is 72.4 Å². The molecule has 0 unspecified atom stereocenters. The maximum Gasteiger partial charge on any atom is 0.226 e. The van der Waals surface area contributed by atoms with Gasteiger partial charge in [-0.3, -0.25) is 4.79 Å². The first-order valence-corrected chi connectivity index (χ1v) is 3.94.